The van der Waals surface area contributed by atoms with Crippen LogP contribution in [0.15, 0.2) is 4.79 Å². The van der Waals surface area contributed by atoms with Gasteiger partial charge in [-0.15, -0.1) is 0 Å². The van der Waals surface area contributed by atoms with Crippen LogP contribution in [0.4, 0.5) is 0 Å². The molecule has 98 valence electrons. The van der Waals surface area contributed by atoms with E-state index in [1.807, 2.05) is 6.92 Å². The van der Waals surface area contributed by atoms with Gasteiger partial charge in [0.05, 0.1) is 12.2 Å². The van der Waals surface area contributed by atoms with Crippen LogP contribution >= 0.6 is 0 Å². The van der Waals surface area contributed by atoms with Crippen LogP contribution in [0.1, 0.15) is 49.8 Å². The topological polar surface area (TPSA) is 65.9 Å². The number of ether oxygens (including phenoxy) is 1. The summed E-state index contributed by atoms with van der Waals surface area (Å²) in [5.41, 5.74) is 2.85. The summed E-state index contributed by atoms with van der Waals surface area (Å²) >= 11 is 0. The molecule has 0 spiro atoms. The van der Waals surface area contributed by atoms with Crippen molar-refractivity contribution >= 4 is 5.71 Å². The Bertz CT molecular complexity index is 517. The monoisotopic (exact) mass is 248 g/mol. The lowest BCUT2D eigenvalue weighted by Gasteiger charge is -2.15. The summed E-state index contributed by atoms with van der Waals surface area (Å²) in [6.07, 6.45) is 5.19. The van der Waals surface area contributed by atoms with Gasteiger partial charge in [-0.1, -0.05) is 6.42 Å². The van der Waals surface area contributed by atoms with Gasteiger partial charge in [-0.2, -0.15) is 0 Å². The molecule has 0 saturated heterocycles. The highest BCUT2D eigenvalue weighted by Crippen LogP contribution is 2.28. The van der Waals surface area contributed by atoms with E-state index in [2.05, 4.69) is 4.98 Å². The molecule has 1 aliphatic rings. The third-order valence-corrected chi connectivity index (χ3v) is 3.41. The van der Waals surface area contributed by atoms with Crippen LogP contribution < -0.4 is 10.3 Å². The van der Waals surface area contributed by atoms with Gasteiger partial charge in [0, 0.05) is 11.3 Å². The smallest absolute Gasteiger partial charge is 0.260 e. The normalized spacial score (nSPS) is 14.8. The molecule has 0 aliphatic heterocycles. The van der Waals surface area contributed by atoms with Gasteiger partial charge in [-0.25, -0.2) is 0 Å². The van der Waals surface area contributed by atoms with Gasteiger partial charge in [0.15, 0.2) is 5.88 Å². The lowest BCUT2D eigenvalue weighted by atomic mass is 9.97. The first kappa shape index (κ1) is 12.9. The first-order valence-electron chi connectivity index (χ1n) is 6.61. The molecule has 0 aromatic carbocycles. The summed E-state index contributed by atoms with van der Waals surface area (Å²) in [5, 5.41) is 7.80. The standard InChI is InChI=1S/C14H20N2O2/c1-3-18-14-11-8-6-4-5-7-10(11)12(9(2)15)13(17)16-14/h15H,3-8H2,1-2H3,(H,16,17). The molecule has 1 aromatic rings. The molecule has 0 fully saturated rings. The minimum atomic E-state index is -0.188. The molecule has 1 aromatic heterocycles. The van der Waals surface area contributed by atoms with E-state index in [-0.39, 0.29) is 5.56 Å². The number of rotatable bonds is 3. The number of hydrogen-bond acceptors (Lipinski definition) is 3. The minimum Gasteiger partial charge on any atom is -0.479 e. The highest BCUT2D eigenvalue weighted by Gasteiger charge is 2.20. The average molecular weight is 248 g/mol. The Hall–Kier alpha value is -1.58. The zero-order valence-corrected chi connectivity index (χ0v) is 11.1. The third kappa shape index (κ3) is 2.33. The Morgan fingerprint density at radius 2 is 1.94 bits per heavy atom. The average Bonchev–Trinajstić information content (AvgIpc) is 2.54. The van der Waals surface area contributed by atoms with Crippen molar-refractivity contribution in [2.45, 2.75) is 46.0 Å². The number of H-pyrrole nitrogens is 1. The maximum absolute atomic E-state index is 12.1. The Labute approximate surface area is 107 Å². The van der Waals surface area contributed by atoms with E-state index in [9.17, 15) is 4.79 Å². The Balaban J connectivity index is 2.65. The van der Waals surface area contributed by atoms with Crippen molar-refractivity contribution in [3.05, 3.63) is 27.0 Å². The van der Waals surface area contributed by atoms with Gasteiger partial charge in [-0.05, 0) is 45.1 Å². The van der Waals surface area contributed by atoms with Gasteiger partial charge < -0.3 is 10.1 Å². The van der Waals surface area contributed by atoms with Crippen LogP contribution in [0.2, 0.25) is 0 Å². The maximum Gasteiger partial charge on any atom is 0.260 e. The fourth-order valence-electron chi connectivity index (χ4n) is 2.65. The zero-order chi connectivity index (χ0) is 13.1. The number of aromatic amines is 1. The van der Waals surface area contributed by atoms with Gasteiger partial charge in [-0.3, -0.25) is 9.78 Å². The van der Waals surface area contributed by atoms with E-state index >= 15 is 0 Å². The van der Waals surface area contributed by atoms with Crippen molar-refractivity contribution in [3.63, 3.8) is 0 Å². The number of aromatic nitrogens is 1. The molecule has 1 aliphatic carbocycles. The quantitative estimate of drug-likeness (QED) is 0.637. The van der Waals surface area contributed by atoms with Crippen LogP contribution in [-0.4, -0.2) is 17.3 Å². The van der Waals surface area contributed by atoms with Crippen molar-refractivity contribution in [2.75, 3.05) is 6.61 Å². The van der Waals surface area contributed by atoms with Gasteiger partial charge in [0.2, 0.25) is 0 Å². The lowest BCUT2D eigenvalue weighted by Crippen LogP contribution is -2.22. The lowest BCUT2D eigenvalue weighted by molar-refractivity contribution is 0.321. The summed E-state index contributed by atoms with van der Waals surface area (Å²) < 4.78 is 5.55. The first-order valence-corrected chi connectivity index (χ1v) is 6.61. The van der Waals surface area contributed by atoms with Gasteiger partial charge in [0.25, 0.3) is 5.56 Å². The van der Waals surface area contributed by atoms with Crippen molar-refractivity contribution in [1.29, 1.82) is 5.41 Å². The van der Waals surface area contributed by atoms with E-state index in [4.69, 9.17) is 10.1 Å². The summed E-state index contributed by atoms with van der Waals surface area (Å²) in [6.45, 7) is 4.14. The van der Waals surface area contributed by atoms with Crippen LogP contribution in [0.25, 0.3) is 0 Å². The van der Waals surface area contributed by atoms with Gasteiger partial charge in [0.1, 0.15) is 0 Å². The van der Waals surface area contributed by atoms with E-state index < -0.39 is 0 Å². The van der Waals surface area contributed by atoms with Crippen molar-refractivity contribution in [3.8, 4) is 5.88 Å². The molecule has 2 N–H and O–H groups in total. The summed E-state index contributed by atoms with van der Waals surface area (Å²) in [7, 11) is 0. The van der Waals surface area contributed by atoms with Crippen molar-refractivity contribution in [2.24, 2.45) is 0 Å². The van der Waals surface area contributed by atoms with Crippen molar-refractivity contribution in [1.82, 2.24) is 4.98 Å². The molecule has 0 atom stereocenters. The molecule has 4 heteroatoms. The second-order valence-corrected chi connectivity index (χ2v) is 4.73. The van der Waals surface area contributed by atoms with E-state index in [0.717, 1.165) is 36.8 Å². The minimum absolute atomic E-state index is 0.188. The molecular weight excluding hydrogens is 228 g/mol. The second kappa shape index (κ2) is 5.38. The largest absolute Gasteiger partial charge is 0.479 e. The highest BCUT2D eigenvalue weighted by molar-refractivity contribution is 5.97. The first-order chi connectivity index (χ1) is 8.65. The number of nitrogens with one attached hydrogen (secondary N) is 2. The molecule has 0 amide bonds. The summed E-state index contributed by atoms with van der Waals surface area (Å²) in [5.74, 6) is 0.615. The Morgan fingerprint density at radius 3 is 2.56 bits per heavy atom. The molecule has 2 rings (SSSR count). The fourth-order valence-corrected chi connectivity index (χ4v) is 2.65. The predicted molar refractivity (Wildman–Crippen MR) is 72.0 cm³/mol. The second-order valence-electron chi connectivity index (χ2n) is 4.73. The number of pyridine rings is 1. The maximum atomic E-state index is 12.1. The molecule has 0 saturated carbocycles. The molecule has 18 heavy (non-hydrogen) atoms. The van der Waals surface area contributed by atoms with Crippen LogP contribution in [0, 0.1) is 5.41 Å². The van der Waals surface area contributed by atoms with E-state index in [1.54, 1.807) is 6.92 Å². The fraction of sp³-hybridized carbons (Fsp3) is 0.571. The van der Waals surface area contributed by atoms with E-state index in [0.29, 0.717) is 23.8 Å². The molecule has 1 heterocycles. The number of fused-ring (bicyclic) bond motifs is 1. The van der Waals surface area contributed by atoms with E-state index in [1.165, 1.54) is 6.42 Å². The zero-order valence-electron chi connectivity index (χ0n) is 11.1. The predicted octanol–water partition coefficient (Wildman–Crippen LogP) is 2.43. The van der Waals surface area contributed by atoms with Crippen molar-refractivity contribution < 1.29 is 4.74 Å². The molecule has 0 unspecified atom stereocenters. The summed E-state index contributed by atoms with van der Waals surface area (Å²) in [6, 6.07) is 0. The molecule has 0 radical (unpaired) electrons. The SMILES string of the molecule is CCOc1[nH]c(=O)c(C(C)=N)c2c1CCCCC2. The molecule has 0 bridgehead atoms. The van der Waals surface area contributed by atoms with Crippen LogP contribution in [0.3, 0.4) is 0 Å². The van der Waals surface area contributed by atoms with Crippen LogP contribution in [0.5, 0.6) is 5.88 Å². The Kier molecular flexibility index (Phi) is 3.84. The molecule has 4 nitrogen and oxygen atoms in total. The Morgan fingerprint density at radius 1 is 1.28 bits per heavy atom. The van der Waals surface area contributed by atoms with Crippen LogP contribution in [-0.2, 0) is 12.8 Å². The molecular formula is C14H20N2O2. The van der Waals surface area contributed by atoms with Gasteiger partial charge >= 0.3 is 0 Å². The third-order valence-electron chi connectivity index (χ3n) is 3.41. The highest BCUT2D eigenvalue weighted by atomic mass is 16.5. The summed E-state index contributed by atoms with van der Waals surface area (Å²) in [4.78, 5) is 14.9. The number of hydrogen-bond donors (Lipinski definition) is 2.